The van der Waals surface area contributed by atoms with E-state index in [4.69, 9.17) is 4.74 Å². The molecule has 86 valence electrons. The van der Waals surface area contributed by atoms with Crippen LogP contribution in [0.2, 0.25) is 0 Å². The van der Waals surface area contributed by atoms with Crippen LogP contribution >= 0.6 is 0 Å². The summed E-state index contributed by atoms with van der Waals surface area (Å²) in [6, 6.07) is 14.4. The highest BCUT2D eigenvalue weighted by molar-refractivity contribution is 5.87. The molecule has 0 bridgehead atoms. The number of aromatic nitrogens is 1. The van der Waals surface area contributed by atoms with Crippen LogP contribution < -0.4 is 4.74 Å². The second kappa shape index (κ2) is 3.57. The highest BCUT2D eigenvalue weighted by Gasteiger charge is 2.18. The van der Waals surface area contributed by atoms with E-state index in [2.05, 4.69) is 23.2 Å². The molecule has 2 heterocycles. The zero-order valence-electron chi connectivity index (χ0n) is 9.76. The van der Waals surface area contributed by atoms with E-state index in [-0.39, 0.29) is 0 Å². The lowest BCUT2D eigenvalue weighted by Gasteiger charge is -2.21. The maximum Gasteiger partial charge on any atom is 0.131 e. The van der Waals surface area contributed by atoms with Gasteiger partial charge in [0, 0.05) is 29.8 Å². The number of benzene rings is 2. The molecule has 0 radical (unpaired) electrons. The SMILES string of the molecule is c1ccc2c(c1)Cc1c(ccc3ccncc13)O2. The molecular weight excluding hydrogens is 222 g/mol. The van der Waals surface area contributed by atoms with Crippen molar-refractivity contribution in [3.05, 3.63) is 66.0 Å². The van der Waals surface area contributed by atoms with E-state index in [0.717, 1.165) is 17.9 Å². The summed E-state index contributed by atoms with van der Waals surface area (Å²) in [6.07, 6.45) is 4.66. The Morgan fingerprint density at radius 1 is 0.944 bits per heavy atom. The Kier molecular flexibility index (Phi) is 1.92. The molecule has 18 heavy (non-hydrogen) atoms. The average Bonchev–Trinajstić information content (AvgIpc) is 2.45. The fraction of sp³-hybridized carbons (Fsp3) is 0.0625. The van der Waals surface area contributed by atoms with E-state index in [9.17, 15) is 0 Å². The molecular formula is C16H11NO. The smallest absolute Gasteiger partial charge is 0.131 e. The molecule has 0 atom stereocenters. The Hall–Kier alpha value is -2.35. The predicted molar refractivity (Wildman–Crippen MR) is 71.1 cm³/mol. The Morgan fingerprint density at radius 3 is 2.89 bits per heavy atom. The number of fused-ring (bicyclic) bond motifs is 4. The summed E-state index contributed by atoms with van der Waals surface area (Å²) < 4.78 is 5.96. The minimum Gasteiger partial charge on any atom is -0.457 e. The first-order chi connectivity index (χ1) is 8.92. The summed E-state index contributed by atoms with van der Waals surface area (Å²) >= 11 is 0. The van der Waals surface area contributed by atoms with Crippen LogP contribution in [-0.4, -0.2) is 4.98 Å². The van der Waals surface area contributed by atoms with Gasteiger partial charge in [-0.05, 0) is 29.1 Å². The van der Waals surface area contributed by atoms with Crippen molar-refractivity contribution in [1.82, 2.24) is 4.98 Å². The lowest BCUT2D eigenvalue weighted by atomic mass is 9.96. The molecule has 3 aromatic rings. The molecule has 0 spiro atoms. The first kappa shape index (κ1) is 9.66. The van der Waals surface area contributed by atoms with Gasteiger partial charge in [0.1, 0.15) is 11.5 Å². The lowest BCUT2D eigenvalue weighted by Crippen LogP contribution is -2.03. The van der Waals surface area contributed by atoms with E-state index in [1.165, 1.54) is 21.9 Å². The summed E-state index contributed by atoms with van der Waals surface area (Å²) in [5.74, 6) is 1.92. The topological polar surface area (TPSA) is 22.1 Å². The molecule has 2 nitrogen and oxygen atoms in total. The molecule has 1 aromatic heterocycles. The van der Waals surface area contributed by atoms with Gasteiger partial charge in [0.05, 0.1) is 0 Å². The molecule has 2 aromatic carbocycles. The molecule has 0 N–H and O–H groups in total. The van der Waals surface area contributed by atoms with Crippen molar-refractivity contribution in [2.24, 2.45) is 0 Å². The van der Waals surface area contributed by atoms with Crippen LogP contribution in [0.5, 0.6) is 11.5 Å². The fourth-order valence-corrected chi connectivity index (χ4v) is 2.54. The van der Waals surface area contributed by atoms with Gasteiger partial charge < -0.3 is 4.74 Å². The maximum absolute atomic E-state index is 5.96. The Morgan fingerprint density at radius 2 is 1.89 bits per heavy atom. The van der Waals surface area contributed by atoms with Crippen LogP contribution in [0.25, 0.3) is 10.8 Å². The van der Waals surface area contributed by atoms with Crippen molar-refractivity contribution < 1.29 is 4.74 Å². The molecule has 1 aliphatic rings. The summed E-state index contributed by atoms with van der Waals surface area (Å²) in [4.78, 5) is 4.22. The summed E-state index contributed by atoms with van der Waals surface area (Å²) in [5, 5.41) is 2.40. The number of hydrogen-bond acceptors (Lipinski definition) is 2. The zero-order valence-corrected chi connectivity index (χ0v) is 9.76. The summed E-state index contributed by atoms with van der Waals surface area (Å²) in [6.45, 7) is 0. The number of rotatable bonds is 0. The van der Waals surface area contributed by atoms with E-state index < -0.39 is 0 Å². The normalized spacial score (nSPS) is 12.7. The monoisotopic (exact) mass is 233 g/mol. The Balaban J connectivity index is 1.98. The second-order valence-electron chi connectivity index (χ2n) is 4.53. The maximum atomic E-state index is 5.96. The number of ether oxygens (including phenoxy) is 1. The van der Waals surface area contributed by atoms with E-state index in [1.54, 1.807) is 0 Å². The van der Waals surface area contributed by atoms with Crippen LogP contribution in [-0.2, 0) is 6.42 Å². The first-order valence-corrected chi connectivity index (χ1v) is 6.03. The minimum atomic E-state index is 0.911. The standard InChI is InChI=1S/C16H11NO/c1-2-4-15-12(3-1)9-13-14-10-17-8-7-11(14)5-6-16(13)18-15/h1-8,10H,9H2. The minimum absolute atomic E-state index is 0.911. The predicted octanol–water partition coefficient (Wildman–Crippen LogP) is 3.93. The molecule has 0 fully saturated rings. The third-order valence-electron chi connectivity index (χ3n) is 3.45. The largest absolute Gasteiger partial charge is 0.457 e. The van der Waals surface area contributed by atoms with Gasteiger partial charge in [-0.2, -0.15) is 0 Å². The van der Waals surface area contributed by atoms with Gasteiger partial charge in [-0.1, -0.05) is 24.3 Å². The van der Waals surface area contributed by atoms with Crippen molar-refractivity contribution >= 4 is 10.8 Å². The van der Waals surface area contributed by atoms with Crippen molar-refractivity contribution in [2.45, 2.75) is 6.42 Å². The van der Waals surface area contributed by atoms with Crippen LogP contribution in [0.15, 0.2) is 54.9 Å². The Labute approximate surface area is 105 Å². The molecule has 4 rings (SSSR count). The molecule has 0 saturated heterocycles. The van der Waals surface area contributed by atoms with E-state index in [1.807, 2.05) is 36.7 Å². The molecule has 0 unspecified atom stereocenters. The van der Waals surface area contributed by atoms with Crippen molar-refractivity contribution in [3.63, 3.8) is 0 Å². The van der Waals surface area contributed by atoms with Gasteiger partial charge in [0.15, 0.2) is 0 Å². The lowest BCUT2D eigenvalue weighted by molar-refractivity contribution is 0.461. The van der Waals surface area contributed by atoms with Gasteiger partial charge in [-0.25, -0.2) is 0 Å². The highest BCUT2D eigenvalue weighted by atomic mass is 16.5. The zero-order chi connectivity index (χ0) is 11.9. The average molecular weight is 233 g/mol. The second-order valence-corrected chi connectivity index (χ2v) is 4.53. The van der Waals surface area contributed by atoms with Crippen LogP contribution in [0.4, 0.5) is 0 Å². The number of nitrogens with zero attached hydrogens (tertiary/aromatic N) is 1. The molecule has 0 saturated carbocycles. The quantitative estimate of drug-likeness (QED) is 0.459. The third-order valence-corrected chi connectivity index (χ3v) is 3.45. The van der Waals surface area contributed by atoms with Crippen LogP contribution in [0.3, 0.4) is 0 Å². The fourth-order valence-electron chi connectivity index (χ4n) is 2.54. The van der Waals surface area contributed by atoms with Crippen LogP contribution in [0, 0.1) is 0 Å². The molecule has 0 amide bonds. The van der Waals surface area contributed by atoms with Gasteiger partial charge >= 0.3 is 0 Å². The van der Waals surface area contributed by atoms with Gasteiger partial charge in [-0.15, -0.1) is 0 Å². The van der Waals surface area contributed by atoms with Crippen molar-refractivity contribution in [1.29, 1.82) is 0 Å². The van der Waals surface area contributed by atoms with Crippen LogP contribution in [0.1, 0.15) is 11.1 Å². The van der Waals surface area contributed by atoms with Crippen molar-refractivity contribution in [2.75, 3.05) is 0 Å². The van der Waals surface area contributed by atoms with Gasteiger partial charge in [0.25, 0.3) is 0 Å². The van der Waals surface area contributed by atoms with E-state index in [0.29, 0.717) is 0 Å². The summed E-state index contributed by atoms with van der Waals surface area (Å²) in [5.41, 5.74) is 2.47. The molecule has 1 aliphatic heterocycles. The number of pyridine rings is 1. The molecule has 0 aliphatic carbocycles. The highest BCUT2D eigenvalue weighted by Crippen LogP contribution is 2.39. The Bertz CT molecular complexity index is 749. The van der Waals surface area contributed by atoms with Crippen molar-refractivity contribution in [3.8, 4) is 11.5 Å². The molecule has 2 heteroatoms. The summed E-state index contributed by atoms with van der Waals surface area (Å²) in [7, 11) is 0. The first-order valence-electron chi connectivity index (χ1n) is 6.03. The van der Waals surface area contributed by atoms with Gasteiger partial charge in [0.2, 0.25) is 0 Å². The number of para-hydroxylation sites is 1. The third kappa shape index (κ3) is 1.32. The van der Waals surface area contributed by atoms with E-state index >= 15 is 0 Å². The van der Waals surface area contributed by atoms with Gasteiger partial charge in [-0.3, -0.25) is 4.98 Å². The number of hydrogen-bond donors (Lipinski definition) is 0.